The molecule has 12 heavy (non-hydrogen) atoms. The standard InChI is InChI=1S/C7H16N2O3/c1-6(5-11-2)9-7(10)4-8-12-3/h6,8H,4-5H2,1-3H3,(H,9,10). The minimum absolute atomic E-state index is 0.0288. The fraction of sp³-hybridized carbons (Fsp3) is 0.857. The van der Waals surface area contributed by atoms with Crippen LogP contribution in [0.15, 0.2) is 0 Å². The Balaban J connectivity index is 3.40. The molecular formula is C7H16N2O3. The number of nitrogens with one attached hydrogen (secondary N) is 2. The van der Waals surface area contributed by atoms with Crippen molar-refractivity contribution in [2.24, 2.45) is 0 Å². The molecular weight excluding hydrogens is 160 g/mol. The average Bonchev–Trinajstić information content (AvgIpc) is 2.01. The Hall–Kier alpha value is -0.650. The first-order chi connectivity index (χ1) is 5.70. The summed E-state index contributed by atoms with van der Waals surface area (Å²) in [4.78, 5) is 15.5. The van der Waals surface area contributed by atoms with E-state index in [-0.39, 0.29) is 18.5 Å². The molecule has 5 heteroatoms. The van der Waals surface area contributed by atoms with Gasteiger partial charge in [-0.1, -0.05) is 0 Å². The maximum absolute atomic E-state index is 11.0. The summed E-state index contributed by atoms with van der Waals surface area (Å²) < 4.78 is 4.84. The molecule has 0 radical (unpaired) electrons. The third-order valence-electron chi connectivity index (χ3n) is 1.20. The summed E-state index contributed by atoms with van der Waals surface area (Å²) in [7, 11) is 3.06. The molecule has 72 valence electrons. The van der Waals surface area contributed by atoms with E-state index < -0.39 is 0 Å². The van der Waals surface area contributed by atoms with E-state index >= 15 is 0 Å². The monoisotopic (exact) mass is 176 g/mol. The molecule has 0 aromatic heterocycles. The fourth-order valence-electron chi connectivity index (χ4n) is 0.755. The summed E-state index contributed by atoms with van der Waals surface area (Å²) in [5.41, 5.74) is 2.44. The normalized spacial score (nSPS) is 12.6. The van der Waals surface area contributed by atoms with E-state index in [1.165, 1.54) is 7.11 Å². The van der Waals surface area contributed by atoms with Crippen molar-refractivity contribution in [1.29, 1.82) is 0 Å². The van der Waals surface area contributed by atoms with Gasteiger partial charge in [-0.3, -0.25) is 4.79 Å². The van der Waals surface area contributed by atoms with E-state index in [2.05, 4.69) is 15.6 Å². The predicted molar refractivity (Wildman–Crippen MR) is 44.5 cm³/mol. The van der Waals surface area contributed by atoms with Crippen molar-refractivity contribution in [3.05, 3.63) is 0 Å². The lowest BCUT2D eigenvalue weighted by atomic mass is 10.3. The highest BCUT2D eigenvalue weighted by Gasteiger charge is 2.05. The van der Waals surface area contributed by atoms with Crippen LogP contribution >= 0.6 is 0 Å². The van der Waals surface area contributed by atoms with Crippen LogP contribution in [0, 0.1) is 0 Å². The average molecular weight is 176 g/mol. The van der Waals surface area contributed by atoms with Gasteiger partial charge in [0.25, 0.3) is 0 Å². The first kappa shape index (κ1) is 11.4. The summed E-state index contributed by atoms with van der Waals surface area (Å²) in [6.07, 6.45) is 0. The number of carbonyl (C=O) groups excluding carboxylic acids is 1. The Morgan fingerprint density at radius 3 is 2.67 bits per heavy atom. The largest absolute Gasteiger partial charge is 0.383 e. The van der Waals surface area contributed by atoms with Gasteiger partial charge >= 0.3 is 0 Å². The Bertz CT molecular complexity index is 130. The van der Waals surface area contributed by atoms with Crippen LogP contribution < -0.4 is 10.8 Å². The topological polar surface area (TPSA) is 59.6 Å². The van der Waals surface area contributed by atoms with Crippen LogP contribution in [0.4, 0.5) is 0 Å². The van der Waals surface area contributed by atoms with Crippen molar-refractivity contribution in [1.82, 2.24) is 10.8 Å². The van der Waals surface area contributed by atoms with Crippen molar-refractivity contribution in [3.8, 4) is 0 Å². The Morgan fingerprint density at radius 1 is 1.50 bits per heavy atom. The molecule has 0 saturated carbocycles. The maximum Gasteiger partial charge on any atom is 0.236 e. The molecule has 0 saturated heterocycles. The van der Waals surface area contributed by atoms with Crippen LogP contribution in [-0.4, -0.2) is 39.3 Å². The smallest absolute Gasteiger partial charge is 0.236 e. The predicted octanol–water partition coefficient (Wildman–Crippen LogP) is -0.711. The third kappa shape index (κ3) is 6.09. The Kier molecular flexibility index (Phi) is 6.64. The lowest BCUT2D eigenvalue weighted by Gasteiger charge is -2.12. The van der Waals surface area contributed by atoms with Crippen LogP contribution in [0.3, 0.4) is 0 Å². The van der Waals surface area contributed by atoms with Gasteiger partial charge in [0.1, 0.15) is 0 Å². The van der Waals surface area contributed by atoms with Gasteiger partial charge in [0.05, 0.1) is 20.3 Å². The van der Waals surface area contributed by atoms with Crippen LogP contribution in [-0.2, 0) is 14.4 Å². The fourth-order valence-corrected chi connectivity index (χ4v) is 0.755. The van der Waals surface area contributed by atoms with Gasteiger partial charge in [0, 0.05) is 13.2 Å². The Labute approximate surface area is 72.4 Å². The minimum Gasteiger partial charge on any atom is -0.383 e. The zero-order valence-corrected chi connectivity index (χ0v) is 7.72. The highest BCUT2D eigenvalue weighted by Crippen LogP contribution is 1.81. The summed E-state index contributed by atoms with van der Waals surface area (Å²) >= 11 is 0. The van der Waals surface area contributed by atoms with Crippen LogP contribution in [0.1, 0.15) is 6.92 Å². The SMILES string of the molecule is COCC(C)NC(=O)CNOC. The van der Waals surface area contributed by atoms with E-state index in [4.69, 9.17) is 4.74 Å². The molecule has 0 aliphatic rings. The molecule has 5 nitrogen and oxygen atoms in total. The molecule has 0 spiro atoms. The lowest BCUT2D eigenvalue weighted by molar-refractivity contribution is -0.123. The van der Waals surface area contributed by atoms with Crippen molar-refractivity contribution >= 4 is 5.91 Å². The number of amides is 1. The zero-order valence-electron chi connectivity index (χ0n) is 7.72. The van der Waals surface area contributed by atoms with Gasteiger partial charge in [-0.15, -0.1) is 0 Å². The molecule has 0 aliphatic carbocycles. The van der Waals surface area contributed by atoms with Crippen molar-refractivity contribution in [3.63, 3.8) is 0 Å². The highest BCUT2D eigenvalue weighted by molar-refractivity contribution is 5.78. The molecule has 0 rings (SSSR count). The second kappa shape index (κ2) is 7.02. The molecule has 1 unspecified atom stereocenters. The van der Waals surface area contributed by atoms with E-state index in [1.807, 2.05) is 6.92 Å². The third-order valence-corrected chi connectivity index (χ3v) is 1.20. The first-order valence-corrected chi connectivity index (χ1v) is 3.74. The second-order valence-corrected chi connectivity index (χ2v) is 2.45. The molecule has 2 N–H and O–H groups in total. The molecule has 0 heterocycles. The number of rotatable bonds is 6. The summed E-state index contributed by atoms with van der Waals surface area (Å²) in [6.45, 7) is 2.54. The second-order valence-electron chi connectivity index (χ2n) is 2.45. The van der Waals surface area contributed by atoms with Gasteiger partial charge in [0.15, 0.2) is 0 Å². The van der Waals surface area contributed by atoms with E-state index in [0.717, 1.165) is 0 Å². The van der Waals surface area contributed by atoms with Crippen LogP contribution in [0.2, 0.25) is 0 Å². The molecule has 1 atom stereocenters. The first-order valence-electron chi connectivity index (χ1n) is 3.74. The number of carbonyl (C=O) groups is 1. The zero-order chi connectivity index (χ0) is 9.40. The maximum atomic E-state index is 11.0. The van der Waals surface area contributed by atoms with E-state index in [1.54, 1.807) is 7.11 Å². The van der Waals surface area contributed by atoms with Gasteiger partial charge < -0.3 is 14.9 Å². The molecule has 0 aliphatic heterocycles. The minimum atomic E-state index is -0.110. The number of methoxy groups -OCH3 is 1. The number of hydrogen-bond acceptors (Lipinski definition) is 4. The molecule has 0 aromatic carbocycles. The van der Waals surface area contributed by atoms with E-state index in [0.29, 0.717) is 6.61 Å². The van der Waals surface area contributed by atoms with Gasteiger partial charge in [-0.25, -0.2) is 0 Å². The van der Waals surface area contributed by atoms with Gasteiger partial charge in [-0.2, -0.15) is 5.48 Å². The molecule has 0 fully saturated rings. The Morgan fingerprint density at radius 2 is 2.17 bits per heavy atom. The summed E-state index contributed by atoms with van der Waals surface area (Å²) in [6, 6.07) is 0.0288. The molecule has 1 amide bonds. The number of ether oxygens (including phenoxy) is 1. The lowest BCUT2D eigenvalue weighted by Crippen LogP contribution is -2.40. The van der Waals surface area contributed by atoms with Gasteiger partial charge in [0.2, 0.25) is 5.91 Å². The number of hydrogen-bond donors (Lipinski definition) is 2. The molecule has 0 bridgehead atoms. The van der Waals surface area contributed by atoms with Crippen LogP contribution in [0.5, 0.6) is 0 Å². The van der Waals surface area contributed by atoms with Crippen molar-refractivity contribution in [2.45, 2.75) is 13.0 Å². The van der Waals surface area contributed by atoms with Crippen molar-refractivity contribution in [2.75, 3.05) is 27.4 Å². The quantitative estimate of drug-likeness (QED) is 0.525. The van der Waals surface area contributed by atoms with Crippen LogP contribution in [0.25, 0.3) is 0 Å². The highest BCUT2D eigenvalue weighted by atomic mass is 16.6. The van der Waals surface area contributed by atoms with Crippen molar-refractivity contribution < 1.29 is 14.4 Å². The number of hydroxylamine groups is 1. The van der Waals surface area contributed by atoms with Gasteiger partial charge in [-0.05, 0) is 6.92 Å². The summed E-state index contributed by atoms with van der Waals surface area (Å²) in [5.74, 6) is -0.110. The summed E-state index contributed by atoms with van der Waals surface area (Å²) in [5, 5.41) is 2.71. The molecule has 0 aromatic rings. The van der Waals surface area contributed by atoms with E-state index in [9.17, 15) is 4.79 Å².